The van der Waals surface area contributed by atoms with Gasteiger partial charge in [0, 0.05) is 17.4 Å². The molecule has 4 aliphatic heterocycles. The first-order chi connectivity index (χ1) is 11.7. The highest BCUT2D eigenvalue weighted by molar-refractivity contribution is 5.87. The van der Waals surface area contributed by atoms with Gasteiger partial charge in [0.25, 0.3) is 0 Å². The standard InChI is InChI=1S/C18H20O7/c1-6(19)12-18-8(4-9(20)23-12)16(2)5-7-13(22-7)17(3)11(16)10(14(18)25-18)24-15(17)21/h4,6-7,10-14,19H,5H2,1-3H3. The van der Waals surface area contributed by atoms with Crippen LogP contribution in [0.15, 0.2) is 11.6 Å². The second kappa shape index (κ2) is 3.80. The minimum absolute atomic E-state index is 0.00579. The molecule has 4 heterocycles. The van der Waals surface area contributed by atoms with Crippen LogP contribution in [-0.2, 0) is 28.5 Å². The van der Waals surface area contributed by atoms with Crippen LogP contribution in [0.2, 0.25) is 0 Å². The number of fused-ring (bicyclic) bond motifs is 4. The largest absolute Gasteiger partial charge is 0.459 e. The summed E-state index contributed by atoms with van der Waals surface area (Å²) in [5.74, 6) is -0.818. The Kier molecular flexibility index (Phi) is 2.23. The van der Waals surface area contributed by atoms with Gasteiger partial charge in [-0.1, -0.05) is 6.92 Å². The number of carbonyl (C=O) groups is 2. The van der Waals surface area contributed by atoms with Crippen molar-refractivity contribution in [3.63, 3.8) is 0 Å². The third kappa shape index (κ3) is 1.33. The molecule has 5 fully saturated rings. The minimum Gasteiger partial charge on any atom is -0.459 e. The molecular weight excluding hydrogens is 328 g/mol. The highest BCUT2D eigenvalue weighted by atomic mass is 16.7. The smallest absolute Gasteiger partial charge is 0.331 e. The summed E-state index contributed by atoms with van der Waals surface area (Å²) < 4.78 is 23.2. The van der Waals surface area contributed by atoms with E-state index in [1.54, 1.807) is 6.92 Å². The number of aliphatic hydroxyl groups is 1. The van der Waals surface area contributed by atoms with Crippen molar-refractivity contribution in [3.05, 3.63) is 11.6 Å². The molecular formula is C18H20O7. The van der Waals surface area contributed by atoms with E-state index in [4.69, 9.17) is 18.9 Å². The molecule has 7 heteroatoms. The minimum atomic E-state index is -0.884. The first-order valence-electron chi connectivity index (χ1n) is 8.90. The summed E-state index contributed by atoms with van der Waals surface area (Å²) in [5.41, 5.74) is -1.23. The van der Waals surface area contributed by atoms with Crippen molar-refractivity contribution in [2.75, 3.05) is 0 Å². The van der Waals surface area contributed by atoms with Crippen LogP contribution in [0.1, 0.15) is 27.2 Å². The van der Waals surface area contributed by atoms with E-state index in [2.05, 4.69) is 6.92 Å². The van der Waals surface area contributed by atoms with Crippen molar-refractivity contribution in [1.82, 2.24) is 0 Å². The Morgan fingerprint density at radius 1 is 1.24 bits per heavy atom. The molecule has 10 atom stereocenters. The van der Waals surface area contributed by atoms with Crippen LogP contribution >= 0.6 is 0 Å². The summed E-state index contributed by atoms with van der Waals surface area (Å²) in [6, 6.07) is 0. The summed E-state index contributed by atoms with van der Waals surface area (Å²) in [4.78, 5) is 25.0. The Balaban J connectivity index is 1.58. The van der Waals surface area contributed by atoms with Crippen LogP contribution < -0.4 is 0 Å². The van der Waals surface area contributed by atoms with Crippen LogP contribution in [0.3, 0.4) is 0 Å². The first-order valence-corrected chi connectivity index (χ1v) is 8.90. The Morgan fingerprint density at radius 3 is 2.72 bits per heavy atom. The number of cyclic esters (lactones) is 1. The SMILES string of the molecule is CC(O)C1OC(=O)C=C2C3(C)CC4OC4C4(C)C(=O)OC(C34)C3OC213. The van der Waals surface area contributed by atoms with Gasteiger partial charge in [-0.2, -0.15) is 0 Å². The molecule has 7 nitrogen and oxygen atoms in total. The number of carbonyl (C=O) groups excluding carboxylic acids is 2. The Labute approximate surface area is 144 Å². The van der Waals surface area contributed by atoms with E-state index < -0.39 is 40.7 Å². The van der Waals surface area contributed by atoms with Crippen molar-refractivity contribution < 1.29 is 33.6 Å². The fraction of sp³-hybridized carbons (Fsp3) is 0.778. The van der Waals surface area contributed by atoms with Crippen LogP contribution in [0.5, 0.6) is 0 Å². The van der Waals surface area contributed by atoms with Gasteiger partial charge in [0.2, 0.25) is 0 Å². The van der Waals surface area contributed by atoms with E-state index in [0.29, 0.717) is 6.42 Å². The van der Waals surface area contributed by atoms with E-state index >= 15 is 0 Å². The summed E-state index contributed by atoms with van der Waals surface area (Å²) in [6.07, 6.45) is -0.337. The zero-order valence-corrected chi connectivity index (χ0v) is 14.2. The van der Waals surface area contributed by atoms with Crippen LogP contribution in [-0.4, -0.2) is 59.3 Å². The average molecular weight is 348 g/mol. The summed E-state index contributed by atoms with van der Waals surface area (Å²) in [7, 11) is 0. The molecule has 0 aromatic carbocycles. The Hall–Kier alpha value is -1.44. The predicted molar refractivity (Wildman–Crippen MR) is 80.1 cm³/mol. The lowest BCUT2D eigenvalue weighted by molar-refractivity contribution is -0.158. The van der Waals surface area contributed by atoms with E-state index in [9.17, 15) is 14.7 Å². The monoisotopic (exact) mass is 348 g/mol. The number of rotatable bonds is 1. The van der Waals surface area contributed by atoms with Gasteiger partial charge in [-0.3, -0.25) is 4.79 Å². The normalized spacial score (nSPS) is 60.9. The van der Waals surface area contributed by atoms with Gasteiger partial charge < -0.3 is 24.1 Å². The molecule has 6 aliphatic rings. The molecule has 25 heavy (non-hydrogen) atoms. The van der Waals surface area contributed by atoms with Crippen molar-refractivity contribution >= 4 is 11.9 Å². The molecule has 0 aromatic heterocycles. The first kappa shape index (κ1) is 14.7. The van der Waals surface area contributed by atoms with Crippen molar-refractivity contribution in [3.8, 4) is 0 Å². The van der Waals surface area contributed by atoms with Gasteiger partial charge >= 0.3 is 11.9 Å². The van der Waals surface area contributed by atoms with Gasteiger partial charge in [0.05, 0.1) is 12.2 Å². The molecule has 0 radical (unpaired) electrons. The van der Waals surface area contributed by atoms with E-state index in [-0.39, 0.29) is 30.2 Å². The second-order valence-corrected chi connectivity index (χ2v) is 8.83. The van der Waals surface area contributed by atoms with Crippen molar-refractivity contribution in [2.24, 2.45) is 16.7 Å². The average Bonchev–Trinajstić information content (AvgIpc) is 3.41. The molecule has 6 rings (SSSR count). The fourth-order valence-corrected chi connectivity index (χ4v) is 6.62. The van der Waals surface area contributed by atoms with Crippen LogP contribution in [0.25, 0.3) is 0 Å². The van der Waals surface area contributed by atoms with Gasteiger partial charge in [0.1, 0.15) is 23.7 Å². The number of hydrogen-bond acceptors (Lipinski definition) is 7. The van der Waals surface area contributed by atoms with Crippen molar-refractivity contribution in [1.29, 1.82) is 0 Å². The number of esters is 2. The molecule has 2 saturated carbocycles. The molecule has 0 aromatic rings. The maximum Gasteiger partial charge on any atom is 0.331 e. The highest BCUT2D eigenvalue weighted by Gasteiger charge is 2.86. The molecule has 3 saturated heterocycles. The van der Waals surface area contributed by atoms with Gasteiger partial charge in [-0.25, -0.2) is 4.79 Å². The lowest BCUT2D eigenvalue weighted by atomic mass is 9.47. The van der Waals surface area contributed by atoms with E-state index in [0.717, 1.165) is 5.57 Å². The maximum atomic E-state index is 12.8. The predicted octanol–water partition coefficient (Wildman–Crippen LogP) is 0.0955. The maximum absolute atomic E-state index is 12.8. The lowest BCUT2D eigenvalue weighted by Gasteiger charge is -2.52. The third-order valence-corrected chi connectivity index (χ3v) is 7.53. The molecule has 10 unspecified atom stereocenters. The Morgan fingerprint density at radius 2 is 2.00 bits per heavy atom. The molecule has 134 valence electrons. The van der Waals surface area contributed by atoms with Crippen molar-refractivity contribution in [2.45, 2.75) is 69.4 Å². The Bertz CT molecular complexity index is 773. The molecule has 2 aliphatic carbocycles. The fourth-order valence-electron chi connectivity index (χ4n) is 6.62. The quantitative estimate of drug-likeness (QED) is 0.530. The lowest BCUT2D eigenvalue weighted by Crippen LogP contribution is -2.62. The second-order valence-electron chi connectivity index (χ2n) is 8.83. The molecule has 0 bridgehead atoms. The number of hydrogen-bond donors (Lipinski definition) is 1. The summed E-state index contributed by atoms with van der Waals surface area (Å²) in [6.45, 7) is 5.59. The summed E-state index contributed by atoms with van der Waals surface area (Å²) >= 11 is 0. The molecule has 0 amide bonds. The third-order valence-electron chi connectivity index (χ3n) is 7.53. The molecule has 1 N–H and O–H groups in total. The molecule has 1 spiro atoms. The number of epoxide rings is 2. The van der Waals surface area contributed by atoms with Gasteiger partial charge in [0.15, 0.2) is 11.7 Å². The van der Waals surface area contributed by atoms with Gasteiger partial charge in [-0.05, 0) is 25.8 Å². The van der Waals surface area contributed by atoms with Crippen LogP contribution in [0, 0.1) is 16.7 Å². The highest BCUT2D eigenvalue weighted by Crippen LogP contribution is 2.75. The number of ether oxygens (including phenoxy) is 4. The number of aliphatic hydroxyl groups excluding tert-OH is 1. The van der Waals surface area contributed by atoms with E-state index in [1.807, 2.05) is 6.92 Å². The van der Waals surface area contributed by atoms with E-state index in [1.165, 1.54) is 6.08 Å². The zero-order valence-electron chi connectivity index (χ0n) is 14.2. The zero-order chi connectivity index (χ0) is 17.5. The van der Waals surface area contributed by atoms with Gasteiger partial charge in [-0.15, -0.1) is 0 Å². The van der Waals surface area contributed by atoms with Crippen LogP contribution in [0.4, 0.5) is 0 Å². The summed E-state index contributed by atoms with van der Waals surface area (Å²) in [5, 5.41) is 10.2. The topological polar surface area (TPSA) is 97.9 Å².